The van der Waals surface area contributed by atoms with Gasteiger partial charge in [-0.05, 0) is 45.6 Å². The molecule has 0 spiro atoms. The van der Waals surface area contributed by atoms with Crippen LogP contribution < -0.4 is 5.32 Å². The van der Waals surface area contributed by atoms with E-state index < -0.39 is 12.7 Å². The van der Waals surface area contributed by atoms with Gasteiger partial charge in [-0.25, -0.2) is 0 Å². The van der Waals surface area contributed by atoms with Crippen molar-refractivity contribution in [2.24, 2.45) is 5.92 Å². The van der Waals surface area contributed by atoms with Crippen molar-refractivity contribution in [2.45, 2.75) is 50.9 Å². The van der Waals surface area contributed by atoms with Crippen molar-refractivity contribution in [1.82, 2.24) is 10.2 Å². The number of halogens is 3. The maximum atomic E-state index is 12.6. The van der Waals surface area contributed by atoms with E-state index in [0.29, 0.717) is 12.5 Å². The molecule has 1 aliphatic heterocycles. The fourth-order valence-electron chi connectivity index (χ4n) is 2.82. The minimum atomic E-state index is -4.09. The SMILES string of the molecule is CC1CCNC(C)(C2CC2)CN1CC(F)(F)F. The van der Waals surface area contributed by atoms with Gasteiger partial charge < -0.3 is 5.32 Å². The van der Waals surface area contributed by atoms with Crippen LogP contribution in [0, 0.1) is 5.92 Å². The van der Waals surface area contributed by atoms with Gasteiger partial charge in [0, 0.05) is 18.1 Å². The Balaban J connectivity index is 2.06. The Morgan fingerprint density at radius 2 is 1.94 bits per heavy atom. The van der Waals surface area contributed by atoms with Crippen molar-refractivity contribution in [1.29, 1.82) is 0 Å². The number of nitrogens with one attached hydrogen (secondary N) is 1. The monoisotopic (exact) mass is 250 g/mol. The van der Waals surface area contributed by atoms with Crippen molar-refractivity contribution in [3.05, 3.63) is 0 Å². The third-order valence-electron chi connectivity index (χ3n) is 4.11. The molecule has 2 atom stereocenters. The van der Waals surface area contributed by atoms with Gasteiger partial charge in [0.2, 0.25) is 0 Å². The van der Waals surface area contributed by atoms with Crippen molar-refractivity contribution in [3.63, 3.8) is 0 Å². The summed E-state index contributed by atoms with van der Waals surface area (Å²) in [5, 5.41) is 3.46. The molecule has 1 aliphatic carbocycles. The Morgan fingerprint density at radius 3 is 2.47 bits per heavy atom. The van der Waals surface area contributed by atoms with Gasteiger partial charge in [0.15, 0.2) is 0 Å². The Hall–Kier alpha value is -0.290. The molecular weight excluding hydrogens is 229 g/mol. The van der Waals surface area contributed by atoms with Gasteiger partial charge in [0.05, 0.1) is 6.54 Å². The van der Waals surface area contributed by atoms with Crippen molar-refractivity contribution in [3.8, 4) is 0 Å². The molecule has 0 radical (unpaired) electrons. The number of alkyl halides is 3. The lowest BCUT2D eigenvalue weighted by atomic mass is 9.95. The molecule has 1 saturated heterocycles. The zero-order valence-electron chi connectivity index (χ0n) is 10.5. The molecule has 0 bridgehead atoms. The van der Waals surface area contributed by atoms with E-state index in [1.165, 1.54) is 0 Å². The van der Waals surface area contributed by atoms with Gasteiger partial charge in [-0.2, -0.15) is 13.2 Å². The summed E-state index contributed by atoms with van der Waals surface area (Å²) < 4.78 is 37.7. The van der Waals surface area contributed by atoms with E-state index in [2.05, 4.69) is 12.2 Å². The summed E-state index contributed by atoms with van der Waals surface area (Å²) in [6, 6.07) is 0.00435. The van der Waals surface area contributed by atoms with Crippen LogP contribution in [0.25, 0.3) is 0 Å². The predicted molar refractivity (Wildman–Crippen MR) is 60.8 cm³/mol. The van der Waals surface area contributed by atoms with Crippen LogP contribution in [0.3, 0.4) is 0 Å². The van der Waals surface area contributed by atoms with E-state index in [1.807, 2.05) is 6.92 Å². The summed E-state index contributed by atoms with van der Waals surface area (Å²) in [6.45, 7) is 4.52. The summed E-state index contributed by atoms with van der Waals surface area (Å²) >= 11 is 0. The highest BCUT2D eigenvalue weighted by molar-refractivity contribution is 5.02. The van der Waals surface area contributed by atoms with Crippen LogP contribution in [-0.2, 0) is 0 Å². The van der Waals surface area contributed by atoms with E-state index in [4.69, 9.17) is 0 Å². The largest absolute Gasteiger partial charge is 0.401 e. The molecule has 0 aromatic carbocycles. The molecular formula is C12H21F3N2. The number of hydrogen-bond acceptors (Lipinski definition) is 2. The van der Waals surface area contributed by atoms with Gasteiger partial charge in [-0.15, -0.1) is 0 Å². The summed E-state index contributed by atoms with van der Waals surface area (Å²) in [5.74, 6) is 0.559. The van der Waals surface area contributed by atoms with Gasteiger partial charge in [-0.1, -0.05) is 0 Å². The van der Waals surface area contributed by atoms with Gasteiger partial charge in [0.1, 0.15) is 0 Å². The number of hydrogen-bond donors (Lipinski definition) is 1. The lowest BCUT2D eigenvalue weighted by molar-refractivity contribution is -0.151. The minimum absolute atomic E-state index is 0.00435. The summed E-state index contributed by atoms with van der Waals surface area (Å²) in [4.78, 5) is 1.60. The lowest BCUT2D eigenvalue weighted by Crippen LogP contribution is -2.53. The van der Waals surface area contributed by atoms with Gasteiger partial charge >= 0.3 is 6.18 Å². The van der Waals surface area contributed by atoms with Gasteiger partial charge in [0.25, 0.3) is 0 Å². The number of nitrogens with zero attached hydrogens (tertiary/aromatic N) is 1. The van der Waals surface area contributed by atoms with Crippen LogP contribution in [0.15, 0.2) is 0 Å². The average Bonchev–Trinajstić information content (AvgIpc) is 2.95. The second-order valence-electron chi connectivity index (χ2n) is 5.78. The Bertz CT molecular complexity index is 275. The van der Waals surface area contributed by atoms with Crippen molar-refractivity contribution in [2.75, 3.05) is 19.6 Å². The molecule has 1 N–H and O–H groups in total. The third kappa shape index (κ3) is 3.35. The van der Waals surface area contributed by atoms with Crippen LogP contribution in [-0.4, -0.2) is 42.3 Å². The zero-order chi connectivity index (χ0) is 12.7. The topological polar surface area (TPSA) is 15.3 Å². The first-order chi connectivity index (χ1) is 7.80. The Morgan fingerprint density at radius 1 is 1.29 bits per heavy atom. The fraction of sp³-hybridized carbons (Fsp3) is 1.00. The highest BCUT2D eigenvalue weighted by Gasteiger charge is 2.45. The summed E-state index contributed by atoms with van der Waals surface area (Å²) in [7, 11) is 0. The van der Waals surface area contributed by atoms with Crippen LogP contribution in [0.1, 0.15) is 33.1 Å². The number of rotatable bonds is 2. The Labute approximate surface area is 101 Å². The maximum Gasteiger partial charge on any atom is 0.401 e. The lowest BCUT2D eigenvalue weighted by Gasteiger charge is -2.36. The minimum Gasteiger partial charge on any atom is -0.310 e. The first-order valence-electron chi connectivity index (χ1n) is 6.36. The molecule has 2 unspecified atom stereocenters. The standard InChI is InChI=1S/C12H21F3N2/c1-9-5-6-16-11(2,10-3-4-10)7-17(9)8-12(13,14)15/h9-10,16H,3-8H2,1-2H3. The smallest absolute Gasteiger partial charge is 0.310 e. The molecule has 5 heteroatoms. The highest BCUT2D eigenvalue weighted by Crippen LogP contribution is 2.41. The quantitative estimate of drug-likeness (QED) is 0.809. The molecule has 2 aliphatic rings. The molecule has 2 fully saturated rings. The zero-order valence-corrected chi connectivity index (χ0v) is 10.5. The summed E-state index contributed by atoms with van der Waals surface area (Å²) in [6.07, 6.45) is -1.00. The molecule has 2 nitrogen and oxygen atoms in total. The van der Waals surface area contributed by atoms with Crippen LogP contribution in [0.5, 0.6) is 0 Å². The maximum absolute atomic E-state index is 12.6. The third-order valence-corrected chi connectivity index (χ3v) is 4.11. The van der Waals surface area contributed by atoms with E-state index in [1.54, 1.807) is 4.90 Å². The molecule has 1 heterocycles. The Kier molecular flexibility index (Phi) is 3.42. The molecule has 100 valence electrons. The predicted octanol–water partition coefficient (Wildman–Crippen LogP) is 2.40. The fourth-order valence-corrected chi connectivity index (χ4v) is 2.82. The average molecular weight is 250 g/mol. The highest BCUT2D eigenvalue weighted by atomic mass is 19.4. The molecule has 0 aromatic heterocycles. The second kappa shape index (κ2) is 4.43. The molecule has 1 saturated carbocycles. The summed E-state index contributed by atoms with van der Waals surface area (Å²) in [5.41, 5.74) is -0.129. The molecule has 2 rings (SSSR count). The molecule has 0 aromatic rings. The molecule has 0 amide bonds. The van der Waals surface area contributed by atoms with E-state index in [0.717, 1.165) is 25.8 Å². The van der Waals surface area contributed by atoms with E-state index >= 15 is 0 Å². The van der Waals surface area contributed by atoms with E-state index in [9.17, 15) is 13.2 Å². The van der Waals surface area contributed by atoms with Crippen LogP contribution >= 0.6 is 0 Å². The van der Waals surface area contributed by atoms with Crippen molar-refractivity contribution >= 4 is 0 Å². The van der Waals surface area contributed by atoms with E-state index in [-0.39, 0.29) is 11.6 Å². The van der Waals surface area contributed by atoms with Crippen LogP contribution in [0.4, 0.5) is 13.2 Å². The molecule has 17 heavy (non-hydrogen) atoms. The second-order valence-corrected chi connectivity index (χ2v) is 5.78. The van der Waals surface area contributed by atoms with Crippen molar-refractivity contribution < 1.29 is 13.2 Å². The van der Waals surface area contributed by atoms with Crippen LogP contribution in [0.2, 0.25) is 0 Å². The first kappa shape index (κ1) is 13.1. The first-order valence-corrected chi connectivity index (χ1v) is 6.36. The van der Waals surface area contributed by atoms with Gasteiger partial charge in [-0.3, -0.25) is 4.90 Å². The normalized spacial score (nSPS) is 36.9.